The molecule has 21 heavy (non-hydrogen) atoms. The molecule has 0 heterocycles. The van der Waals surface area contributed by atoms with Gasteiger partial charge in [-0.05, 0) is 36.8 Å². The molecule has 0 saturated carbocycles. The third-order valence-electron chi connectivity index (χ3n) is 3.03. The first-order valence-electron chi connectivity index (χ1n) is 6.92. The molecule has 0 radical (unpaired) electrons. The summed E-state index contributed by atoms with van der Waals surface area (Å²) < 4.78 is 5.48. The molecule has 0 fully saturated rings. The summed E-state index contributed by atoms with van der Waals surface area (Å²) in [5.74, 6) is -0.0434. The minimum absolute atomic E-state index is 0.0388. The minimum atomic E-state index is -0.847. The van der Waals surface area contributed by atoms with Crippen molar-refractivity contribution in [1.29, 1.82) is 0 Å². The zero-order chi connectivity index (χ0) is 15.1. The predicted molar refractivity (Wildman–Crippen MR) is 82.7 cm³/mol. The fourth-order valence-electron chi connectivity index (χ4n) is 2.16. The molecule has 2 aromatic carbocycles. The highest BCUT2D eigenvalue weighted by Crippen LogP contribution is 2.19. The Morgan fingerprint density at radius 1 is 1.14 bits per heavy atom. The Kier molecular flexibility index (Phi) is 5.21. The van der Waals surface area contributed by atoms with Crippen LogP contribution in [0, 0.1) is 0 Å². The first-order valence-corrected chi connectivity index (χ1v) is 6.92. The van der Waals surface area contributed by atoms with Crippen LogP contribution in [0.2, 0.25) is 0 Å². The number of hydrogen-bond donors (Lipinski definition) is 1. The fraction of sp³-hybridized carbons (Fsp3) is 0.235. The molecule has 4 heteroatoms. The second kappa shape index (κ2) is 7.33. The van der Waals surface area contributed by atoms with Crippen molar-refractivity contribution in [2.45, 2.75) is 13.5 Å². The van der Waals surface area contributed by atoms with Crippen molar-refractivity contribution in [1.82, 2.24) is 0 Å². The maximum Gasteiger partial charge on any atom is 0.323 e. The Morgan fingerprint density at radius 2 is 1.90 bits per heavy atom. The van der Waals surface area contributed by atoms with E-state index in [-0.39, 0.29) is 6.54 Å². The molecule has 0 saturated heterocycles. The van der Waals surface area contributed by atoms with E-state index < -0.39 is 5.97 Å². The molecule has 2 aromatic rings. The summed E-state index contributed by atoms with van der Waals surface area (Å²) in [5, 5.41) is 9.10. The molecule has 0 amide bonds. The van der Waals surface area contributed by atoms with Gasteiger partial charge in [-0.2, -0.15) is 0 Å². The van der Waals surface area contributed by atoms with Crippen molar-refractivity contribution in [2.75, 3.05) is 18.1 Å². The van der Waals surface area contributed by atoms with Crippen molar-refractivity contribution in [3.05, 3.63) is 60.2 Å². The molecule has 0 bridgehead atoms. The number of aliphatic carboxylic acids is 1. The maximum absolute atomic E-state index is 11.1. The number of ether oxygens (including phenoxy) is 1. The second-order valence-corrected chi connectivity index (χ2v) is 4.67. The number of carbonyl (C=O) groups is 1. The molecule has 0 unspecified atom stereocenters. The SMILES string of the molecule is CCOc1cccc(CN(CC(=O)O)c2ccccc2)c1. The molecule has 4 nitrogen and oxygen atoms in total. The van der Waals surface area contributed by atoms with Crippen LogP contribution in [-0.4, -0.2) is 24.2 Å². The fourth-order valence-corrected chi connectivity index (χ4v) is 2.16. The summed E-state index contributed by atoms with van der Waals surface area (Å²) in [6, 6.07) is 17.3. The molecule has 110 valence electrons. The lowest BCUT2D eigenvalue weighted by Gasteiger charge is -2.23. The normalized spacial score (nSPS) is 10.1. The maximum atomic E-state index is 11.1. The molecule has 1 N–H and O–H groups in total. The van der Waals surface area contributed by atoms with Gasteiger partial charge in [0.1, 0.15) is 12.3 Å². The van der Waals surface area contributed by atoms with Crippen molar-refractivity contribution < 1.29 is 14.6 Å². The monoisotopic (exact) mass is 285 g/mol. The van der Waals surface area contributed by atoms with Crippen molar-refractivity contribution in [3.8, 4) is 5.75 Å². The zero-order valence-electron chi connectivity index (χ0n) is 12.0. The van der Waals surface area contributed by atoms with E-state index in [2.05, 4.69) is 0 Å². The van der Waals surface area contributed by atoms with E-state index >= 15 is 0 Å². The number of anilines is 1. The highest BCUT2D eigenvalue weighted by atomic mass is 16.5. The van der Waals surface area contributed by atoms with Crippen LogP contribution in [0.15, 0.2) is 54.6 Å². The summed E-state index contributed by atoms with van der Waals surface area (Å²) in [4.78, 5) is 12.9. The molecule has 0 atom stereocenters. The van der Waals surface area contributed by atoms with Crippen LogP contribution in [0.25, 0.3) is 0 Å². The Labute approximate surface area is 124 Å². The zero-order valence-corrected chi connectivity index (χ0v) is 12.0. The van der Waals surface area contributed by atoms with Gasteiger partial charge in [0.2, 0.25) is 0 Å². The van der Waals surface area contributed by atoms with Gasteiger partial charge in [0.15, 0.2) is 0 Å². The topological polar surface area (TPSA) is 49.8 Å². The van der Waals surface area contributed by atoms with Crippen LogP contribution in [0.1, 0.15) is 12.5 Å². The third-order valence-corrected chi connectivity index (χ3v) is 3.03. The van der Waals surface area contributed by atoms with Gasteiger partial charge < -0.3 is 14.7 Å². The lowest BCUT2D eigenvalue weighted by Crippen LogP contribution is -2.29. The van der Waals surface area contributed by atoms with Crippen LogP contribution in [0.4, 0.5) is 5.69 Å². The quantitative estimate of drug-likeness (QED) is 0.849. The lowest BCUT2D eigenvalue weighted by molar-refractivity contribution is -0.135. The summed E-state index contributed by atoms with van der Waals surface area (Å²) in [5.41, 5.74) is 1.91. The molecule has 0 aliphatic rings. The van der Waals surface area contributed by atoms with Gasteiger partial charge in [0.25, 0.3) is 0 Å². The summed E-state index contributed by atoms with van der Waals surface area (Å²) in [6.45, 7) is 3.04. The lowest BCUT2D eigenvalue weighted by atomic mass is 10.2. The first kappa shape index (κ1) is 14.9. The Hall–Kier alpha value is -2.49. The molecule has 0 aliphatic heterocycles. The molecule has 2 rings (SSSR count). The second-order valence-electron chi connectivity index (χ2n) is 4.67. The van der Waals surface area contributed by atoms with Gasteiger partial charge >= 0.3 is 5.97 Å². The molecule has 0 spiro atoms. The van der Waals surface area contributed by atoms with Gasteiger partial charge in [-0.1, -0.05) is 30.3 Å². The van der Waals surface area contributed by atoms with Crippen LogP contribution in [-0.2, 0) is 11.3 Å². The van der Waals surface area contributed by atoms with E-state index in [0.717, 1.165) is 17.0 Å². The molecule has 0 aromatic heterocycles. The number of rotatable bonds is 7. The van der Waals surface area contributed by atoms with Gasteiger partial charge in [-0.3, -0.25) is 4.79 Å². The van der Waals surface area contributed by atoms with Gasteiger partial charge in [-0.25, -0.2) is 0 Å². The van der Waals surface area contributed by atoms with E-state index in [9.17, 15) is 4.79 Å². The first-order chi connectivity index (χ1) is 10.2. The summed E-state index contributed by atoms with van der Waals surface area (Å²) >= 11 is 0. The van der Waals surface area contributed by atoms with Gasteiger partial charge in [0, 0.05) is 12.2 Å². The number of hydrogen-bond acceptors (Lipinski definition) is 3. The number of carboxylic acids is 1. The van der Waals surface area contributed by atoms with E-state index in [1.807, 2.05) is 66.4 Å². The predicted octanol–water partition coefficient (Wildman–Crippen LogP) is 3.18. The van der Waals surface area contributed by atoms with Crippen LogP contribution >= 0.6 is 0 Å². The molecular weight excluding hydrogens is 266 g/mol. The van der Waals surface area contributed by atoms with Crippen molar-refractivity contribution >= 4 is 11.7 Å². The summed E-state index contributed by atoms with van der Waals surface area (Å²) in [6.07, 6.45) is 0. The molecule has 0 aliphatic carbocycles. The van der Waals surface area contributed by atoms with E-state index in [4.69, 9.17) is 9.84 Å². The highest BCUT2D eigenvalue weighted by molar-refractivity contribution is 5.73. The summed E-state index contributed by atoms with van der Waals surface area (Å²) in [7, 11) is 0. The average Bonchev–Trinajstić information content (AvgIpc) is 2.48. The Balaban J connectivity index is 2.18. The number of carboxylic acid groups (broad SMARTS) is 1. The average molecular weight is 285 g/mol. The van der Waals surface area contributed by atoms with Crippen LogP contribution in [0.5, 0.6) is 5.75 Å². The standard InChI is InChI=1S/C17H19NO3/c1-2-21-16-10-6-7-14(11-16)12-18(13-17(19)20)15-8-4-3-5-9-15/h3-11H,2,12-13H2,1H3,(H,19,20). The molecular formula is C17H19NO3. The van der Waals surface area contributed by atoms with E-state index in [1.165, 1.54) is 0 Å². The van der Waals surface area contributed by atoms with Gasteiger partial charge in [0.05, 0.1) is 6.61 Å². The largest absolute Gasteiger partial charge is 0.494 e. The van der Waals surface area contributed by atoms with E-state index in [1.54, 1.807) is 0 Å². The number of benzene rings is 2. The number of para-hydroxylation sites is 1. The number of nitrogens with zero attached hydrogens (tertiary/aromatic N) is 1. The highest BCUT2D eigenvalue weighted by Gasteiger charge is 2.11. The van der Waals surface area contributed by atoms with Crippen LogP contribution < -0.4 is 9.64 Å². The van der Waals surface area contributed by atoms with Crippen molar-refractivity contribution in [3.63, 3.8) is 0 Å². The van der Waals surface area contributed by atoms with Crippen LogP contribution in [0.3, 0.4) is 0 Å². The smallest absolute Gasteiger partial charge is 0.323 e. The van der Waals surface area contributed by atoms with Gasteiger partial charge in [-0.15, -0.1) is 0 Å². The Morgan fingerprint density at radius 3 is 2.57 bits per heavy atom. The third kappa shape index (κ3) is 4.53. The Bertz CT molecular complexity index is 584. The van der Waals surface area contributed by atoms with E-state index in [0.29, 0.717) is 13.2 Å². The minimum Gasteiger partial charge on any atom is -0.494 e. The van der Waals surface area contributed by atoms with Crippen molar-refractivity contribution in [2.24, 2.45) is 0 Å².